The number of fused-ring (bicyclic) bond motifs is 1. The molecule has 1 saturated heterocycles. The zero-order valence-electron chi connectivity index (χ0n) is 11.2. The summed E-state index contributed by atoms with van der Waals surface area (Å²) in [6, 6.07) is 6.12. The van der Waals surface area contributed by atoms with Crippen LogP contribution in [0.5, 0.6) is 0 Å². The van der Waals surface area contributed by atoms with Crippen LogP contribution in [0.15, 0.2) is 18.2 Å². The summed E-state index contributed by atoms with van der Waals surface area (Å²) in [5, 5.41) is 4.24. The Kier molecular flexibility index (Phi) is 3.48. The monoisotopic (exact) mass is 279 g/mol. The molecular formula is C14H18ClN3O. The molecule has 1 aliphatic heterocycles. The average molecular weight is 280 g/mol. The minimum absolute atomic E-state index is 0.260. The standard InChI is InChI=1S/C14H18ClN3O/c1-3-18-13-6-9(15)4-5-11(13)17-14(18)12-7-10(19-2)8-16-12/h4-6,10,12,16H,3,7-8H2,1-2H3. The van der Waals surface area contributed by atoms with Gasteiger partial charge in [0, 0.05) is 25.2 Å². The molecule has 0 saturated carbocycles. The lowest BCUT2D eigenvalue weighted by Crippen LogP contribution is -2.18. The number of imidazole rings is 1. The number of hydrogen-bond donors (Lipinski definition) is 1. The van der Waals surface area contributed by atoms with E-state index in [1.54, 1.807) is 7.11 Å². The van der Waals surface area contributed by atoms with Crippen LogP contribution in [0.2, 0.25) is 5.02 Å². The van der Waals surface area contributed by atoms with Gasteiger partial charge in [-0.15, -0.1) is 0 Å². The molecule has 2 atom stereocenters. The van der Waals surface area contributed by atoms with E-state index in [1.807, 2.05) is 18.2 Å². The molecule has 1 N–H and O–H groups in total. The zero-order valence-corrected chi connectivity index (χ0v) is 11.9. The molecule has 1 aliphatic rings. The fourth-order valence-corrected chi connectivity index (χ4v) is 2.96. The summed E-state index contributed by atoms with van der Waals surface area (Å²) < 4.78 is 7.64. The molecule has 4 nitrogen and oxygen atoms in total. The highest BCUT2D eigenvalue weighted by molar-refractivity contribution is 6.31. The van der Waals surface area contributed by atoms with Gasteiger partial charge in [0.25, 0.3) is 0 Å². The summed E-state index contributed by atoms with van der Waals surface area (Å²) in [5.41, 5.74) is 2.11. The molecule has 0 radical (unpaired) electrons. The number of ether oxygens (including phenoxy) is 1. The second kappa shape index (κ2) is 5.12. The van der Waals surface area contributed by atoms with E-state index < -0.39 is 0 Å². The van der Waals surface area contributed by atoms with E-state index in [2.05, 4.69) is 16.8 Å². The van der Waals surface area contributed by atoms with Gasteiger partial charge in [-0.1, -0.05) is 11.6 Å². The molecule has 0 spiro atoms. The SMILES string of the molecule is CCn1c(C2CC(OC)CN2)nc2ccc(Cl)cc21. The van der Waals surface area contributed by atoms with Crippen molar-refractivity contribution >= 4 is 22.6 Å². The molecule has 2 heterocycles. The van der Waals surface area contributed by atoms with Gasteiger partial charge < -0.3 is 14.6 Å². The maximum absolute atomic E-state index is 6.09. The second-order valence-corrected chi connectivity index (χ2v) is 5.34. The quantitative estimate of drug-likeness (QED) is 0.939. The van der Waals surface area contributed by atoms with Gasteiger partial charge in [-0.2, -0.15) is 0 Å². The van der Waals surface area contributed by atoms with Crippen LogP contribution in [0.25, 0.3) is 11.0 Å². The molecule has 2 aromatic rings. The molecule has 0 aliphatic carbocycles. The normalized spacial score (nSPS) is 23.3. The number of nitrogens with zero attached hydrogens (tertiary/aromatic N) is 2. The first-order chi connectivity index (χ1) is 9.22. The Morgan fingerprint density at radius 1 is 1.53 bits per heavy atom. The Labute approximate surface area is 117 Å². The third-order valence-corrected chi connectivity index (χ3v) is 4.03. The minimum Gasteiger partial charge on any atom is -0.380 e. The lowest BCUT2D eigenvalue weighted by Gasteiger charge is -2.12. The molecule has 0 amide bonds. The van der Waals surface area contributed by atoms with E-state index in [9.17, 15) is 0 Å². The third kappa shape index (κ3) is 2.24. The van der Waals surface area contributed by atoms with E-state index in [0.29, 0.717) is 0 Å². The number of benzene rings is 1. The van der Waals surface area contributed by atoms with E-state index in [0.717, 1.165) is 41.4 Å². The first kappa shape index (κ1) is 12.9. The van der Waals surface area contributed by atoms with Crippen LogP contribution in [0, 0.1) is 0 Å². The fourth-order valence-electron chi connectivity index (χ4n) is 2.79. The maximum atomic E-state index is 6.09. The third-order valence-electron chi connectivity index (χ3n) is 3.79. The van der Waals surface area contributed by atoms with Gasteiger partial charge in [0.15, 0.2) is 0 Å². The van der Waals surface area contributed by atoms with E-state index >= 15 is 0 Å². The Bertz CT molecular complexity index is 596. The molecule has 1 aromatic heterocycles. The van der Waals surface area contributed by atoms with Crippen molar-refractivity contribution in [1.29, 1.82) is 0 Å². The van der Waals surface area contributed by atoms with Crippen LogP contribution in [0.3, 0.4) is 0 Å². The lowest BCUT2D eigenvalue weighted by molar-refractivity contribution is 0.117. The van der Waals surface area contributed by atoms with Crippen molar-refractivity contribution in [3.8, 4) is 0 Å². The van der Waals surface area contributed by atoms with Gasteiger partial charge in [0.1, 0.15) is 5.82 Å². The number of rotatable bonds is 3. The highest BCUT2D eigenvalue weighted by atomic mass is 35.5. The Morgan fingerprint density at radius 3 is 3.05 bits per heavy atom. The van der Waals surface area contributed by atoms with Crippen molar-refractivity contribution in [2.75, 3.05) is 13.7 Å². The molecule has 1 aromatic carbocycles. The van der Waals surface area contributed by atoms with Crippen molar-refractivity contribution in [3.63, 3.8) is 0 Å². The molecule has 19 heavy (non-hydrogen) atoms. The summed E-state index contributed by atoms with van der Waals surface area (Å²) in [6.07, 6.45) is 1.24. The summed E-state index contributed by atoms with van der Waals surface area (Å²) >= 11 is 6.09. The van der Waals surface area contributed by atoms with Crippen molar-refractivity contribution in [2.24, 2.45) is 0 Å². The van der Waals surface area contributed by atoms with Crippen molar-refractivity contribution in [2.45, 2.75) is 32.0 Å². The van der Waals surface area contributed by atoms with Gasteiger partial charge in [0.2, 0.25) is 0 Å². The van der Waals surface area contributed by atoms with Gasteiger partial charge in [-0.05, 0) is 31.5 Å². The summed E-state index contributed by atoms with van der Waals surface area (Å²) in [6.45, 7) is 3.91. The molecule has 102 valence electrons. The van der Waals surface area contributed by atoms with Crippen LogP contribution >= 0.6 is 11.6 Å². The number of hydrogen-bond acceptors (Lipinski definition) is 3. The lowest BCUT2D eigenvalue weighted by atomic mass is 10.2. The van der Waals surface area contributed by atoms with E-state index in [1.165, 1.54) is 0 Å². The van der Waals surface area contributed by atoms with Gasteiger partial charge in [-0.25, -0.2) is 4.98 Å². The number of methoxy groups -OCH3 is 1. The van der Waals surface area contributed by atoms with Crippen molar-refractivity contribution < 1.29 is 4.74 Å². The molecule has 0 bridgehead atoms. The molecular weight excluding hydrogens is 262 g/mol. The van der Waals surface area contributed by atoms with Crippen LogP contribution in [-0.4, -0.2) is 29.3 Å². The Morgan fingerprint density at radius 2 is 2.37 bits per heavy atom. The molecule has 1 fully saturated rings. The van der Waals surface area contributed by atoms with E-state index in [-0.39, 0.29) is 12.1 Å². The summed E-state index contributed by atoms with van der Waals surface area (Å²) in [7, 11) is 1.76. The molecule has 5 heteroatoms. The zero-order chi connectivity index (χ0) is 13.4. The summed E-state index contributed by atoms with van der Waals surface area (Å²) in [5.74, 6) is 1.08. The average Bonchev–Trinajstić information content (AvgIpc) is 3.01. The largest absolute Gasteiger partial charge is 0.380 e. The number of aromatic nitrogens is 2. The van der Waals surface area contributed by atoms with Gasteiger partial charge in [0.05, 0.1) is 23.2 Å². The number of nitrogens with one attached hydrogen (secondary N) is 1. The highest BCUT2D eigenvalue weighted by Crippen LogP contribution is 2.28. The molecule has 2 unspecified atom stereocenters. The van der Waals surface area contributed by atoms with Crippen LogP contribution < -0.4 is 5.32 Å². The predicted octanol–water partition coefficient (Wildman–Crippen LogP) is 2.76. The van der Waals surface area contributed by atoms with Gasteiger partial charge in [-0.3, -0.25) is 0 Å². The maximum Gasteiger partial charge on any atom is 0.127 e. The first-order valence-electron chi connectivity index (χ1n) is 6.64. The van der Waals surface area contributed by atoms with Crippen LogP contribution in [0.1, 0.15) is 25.2 Å². The smallest absolute Gasteiger partial charge is 0.127 e. The Hall–Kier alpha value is -1.10. The highest BCUT2D eigenvalue weighted by Gasteiger charge is 2.29. The summed E-state index contributed by atoms with van der Waals surface area (Å²) in [4.78, 5) is 4.76. The number of halogens is 1. The fraction of sp³-hybridized carbons (Fsp3) is 0.500. The topological polar surface area (TPSA) is 39.1 Å². The van der Waals surface area contributed by atoms with Crippen molar-refractivity contribution in [3.05, 3.63) is 29.0 Å². The van der Waals surface area contributed by atoms with Crippen molar-refractivity contribution in [1.82, 2.24) is 14.9 Å². The second-order valence-electron chi connectivity index (χ2n) is 4.90. The minimum atomic E-state index is 0.260. The van der Waals surface area contributed by atoms with Crippen LogP contribution in [0.4, 0.5) is 0 Å². The van der Waals surface area contributed by atoms with Gasteiger partial charge >= 0.3 is 0 Å². The van der Waals surface area contributed by atoms with Crippen LogP contribution in [-0.2, 0) is 11.3 Å². The molecule has 3 rings (SSSR count). The Balaban J connectivity index is 2.03. The number of aryl methyl sites for hydroxylation is 1. The van der Waals surface area contributed by atoms with E-state index in [4.69, 9.17) is 21.3 Å². The first-order valence-corrected chi connectivity index (χ1v) is 7.02. The predicted molar refractivity (Wildman–Crippen MR) is 76.6 cm³/mol.